The van der Waals surface area contributed by atoms with E-state index in [9.17, 15) is 27.6 Å². The van der Waals surface area contributed by atoms with Crippen LogP contribution in [-0.4, -0.2) is 78.7 Å². The third-order valence-corrected chi connectivity index (χ3v) is 12.2. The van der Waals surface area contributed by atoms with Gasteiger partial charge in [-0.05, 0) is 55.1 Å². The predicted octanol–water partition coefficient (Wildman–Crippen LogP) is 2.82. The standard InChI is InChI=1S/C36H46N6O8S/c1-6-23-19-36(23,32(45)41-51(47,48)25-11-12-25)40-31(44)27-18-24(17-26(27)29(43)30(35(2,3)4)39-34(46)49-5)50-28-13-15-37-33(38-28)42-16-14-21-9-7-8-10-22(21)20-42/h6-10,13,15,23-27,30H,1,11-12,14,16-20H2,2-5H3,(H,39,46)(H,40,44)(H,41,45)/t23?,24-,26?,27+,30+,36?/m0/s1. The fourth-order valence-electron chi connectivity index (χ4n) is 7.21. The van der Waals surface area contributed by atoms with Crippen molar-refractivity contribution in [3.8, 4) is 5.88 Å². The van der Waals surface area contributed by atoms with Gasteiger partial charge in [-0.25, -0.2) is 18.2 Å². The van der Waals surface area contributed by atoms with Crippen LogP contribution in [0.2, 0.25) is 0 Å². The molecule has 3 aliphatic carbocycles. The number of hydrogen-bond donors (Lipinski definition) is 3. The molecule has 3 unspecified atom stereocenters. The molecule has 0 saturated heterocycles. The van der Waals surface area contributed by atoms with Gasteiger partial charge in [-0.3, -0.25) is 19.1 Å². The number of hydrogen-bond acceptors (Lipinski definition) is 11. The zero-order chi connectivity index (χ0) is 36.7. The van der Waals surface area contributed by atoms with Crippen LogP contribution in [0.4, 0.5) is 10.7 Å². The van der Waals surface area contributed by atoms with Crippen LogP contribution < -0.4 is 25.0 Å². The van der Waals surface area contributed by atoms with E-state index in [4.69, 9.17) is 9.47 Å². The number of nitrogens with one attached hydrogen (secondary N) is 3. The van der Waals surface area contributed by atoms with E-state index in [0.717, 1.165) is 13.0 Å². The average molecular weight is 723 g/mol. The highest BCUT2D eigenvalue weighted by atomic mass is 32.2. The molecule has 3 saturated carbocycles. The summed E-state index contributed by atoms with van der Waals surface area (Å²) in [6.07, 6.45) is 3.87. The minimum atomic E-state index is -3.88. The Morgan fingerprint density at radius 2 is 1.78 bits per heavy atom. The number of aromatic nitrogens is 2. The molecule has 0 spiro atoms. The Morgan fingerprint density at radius 1 is 1.08 bits per heavy atom. The molecule has 1 aliphatic heterocycles. The summed E-state index contributed by atoms with van der Waals surface area (Å²) in [5.41, 5.74) is 0.222. The van der Waals surface area contributed by atoms with Gasteiger partial charge in [-0.1, -0.05) is 51.1 Å². The maximum absolute atomic E-state index is 14.3. The summed E-state index contributed by atoms with van der Waals surface area (Å²) in [7, 11) is -2.68. The molecule has 6 atom stereocenters. The highest BCUT2D eigenvalue weighted by molar-refractivity contribution is 7.91. The number of nitrogens with zero attached hydrogens (tertiary/aromatic N) is 3. The van der Waals surface area contributed by atoms with Gasteiger partial charge in [0, 0.05) is 37.2 Å². The van der Waals surface area contributed by atoms with Gasteiger partial charge >= 0.3 is 6.09 Å². The largest absolute Gasteiger partial charge is 0.474 e. The third kappa shape index (κ3) is 7.72. The number of methoxy groups -OCH3 is 1. The van der Waals surface area contributed by atoms with Gasteiger partial charge < -0.3 is 25.0 Å². The molecule has 0 bridgehead atoms. The molecule has 1 aromatic carbocycles. The maximum Gasteiger partial charge on any atom is 0.407 e. The summed E-state index contributed by atoms with van der Waals surface area (Å²) in [6, 6.07) is 8.84. The Kier molecular flexibility index (Phi) is 9.87. The summed E-state index contributed by atoms with van der Waals surface area (Å²) < 4.78 is 38.6. The highest BCUT2D eigenvalue weighted by Gasteiger charge is 2.62. The molecule has 3 N–H and O–H groups in total. The fourth-order valence-corrected chi connectivity index (χ4v) is 8.58. The second-order valence-corrected chi connectivity index (χ2v) is 17.0. The van der Waals surface area contributed by atoms with Gasteiger partial charge in [0.25, 0.3) is 5.91 Å². The molecule has 6 rings (SSSR count). The number of amides is 3. The summed E-state index contributed by atoms with van der Waals surface area (Å²) >= 11 is 0. The minimum absolute atomic E-state index is 0.102. The van der Waals surface area contributed by atoms with Crippen molar-refractivity contribution < 1.29 is 37.1 Å². The molecule has 2 heterocycles. The summed E-state index contributed by atoms with van der Waals surface area (Å²) in [4.78, 5) is 65.5. The normalized spacial score (nSPS) is 26.2. The molecule has 14 nitrogen and oxygen atoms in total. The molecule has 4 aliphatic rings. The lowest BCUT2D eigenvalue weighted by molar-refractivity contribution is -0.136. The molecule has 51 heavy (non-hydrogen) atoms. The van der Waals surface area contributed by atoms with E-state index in [1.54, 1.807) is 33.0 Å². The molecule has 2 aromatic rings. The van der Waals surface area contributed by atoms with Crippen molar-refractivity contribution >= 4 is 39.7 Å². The van der Waals surface area contributed by atoms with E-state index in [0.29, 0.717) is 25.3 Å². The quantitative estimate of drug-likeness (QED) is 0.274. The van der Waals surface area contributed by atoms with Crippen molar-refractivity contribution in [2.75, 3.05) is 18.6 Å². The van der Waals surface area contributed by atoms with Gasteiger partial charge in [0.15, 0.2) is 5.78 Å². The van der Waals surface area contributed by atoms with E-state index >= 15 is 0 Å². The maximum atomic E-state index is 14.3. The topological polar surface area (TPSA) is 186 Å². The van der Waals surface area contributed by atoms with Crippen LogP contribution in [0.1, 0.15) is 64.0 Å². The Labute approximate surface area is 298 Å². The van der Waals surface area contributed by atoms with E-state index in [2.05, 4.69) is 48.9 Å². The second kappa shape index (κ2) is 13.9. The van der Waals surface area contributed by atoms with Crippen molar-refractivity contribution in [1.82, 2.24) is 25.3 Å². The Morgan fingerprint density at radius 3 is 2.43 bits per heavy atom. The number of carbonyl (C=O) groups is 4. The summed E-state index contributed by atoms with van der Waals surface area (Å²) in [5, 5.41) is 4.82. The summed E-state index contributed by atoms with van der Waals surface area (Å²) in [6.45, 7) is 10.5. The second-order valence-electron chi connectivity index (χ2n) is 15.1. The van der Waals surface area contributed by atoms with Gasteiger partial charge in [0.1, 0.15) is 11.6 Å². The number of anilines is 1. The molecule has 274 valence electrons. The fraction of sp³-hybridized carbons (Fsp3) is 0.556. The van der Waals surface area contributed by atoms with Crippen molar-refractivity contribution in [2.24, 2.45) is 23.2 Å². The number of ether oxygens (including phenoxy) is 2. The molecular formula is C36H46N6O8S. The lowest BCUT2D eigenvalue weighted by atomic mass is 9.77. The van der Waals surface area contributed by atoms with Gasteiger partial charge in [0.2, 0.25) is 27.8 Å². The zero-order valence-corrected chi connectivity index (χ0v) is 30.2. The Balaban J connectivity index is 1.23. The molecule has 15 heteroatoms. The van der Waals surface area contributed by atoms with Crippen LogP contribution in [-0.2, 0) is 42.1 Å². The first kappa shape index (κ1) is 36.3. The van der Waals surface area contributed by atoms with Crippen molar-refractivity contribution in [3.63, 3.8) is 0 Å². The van der Waals surface area contributed by atoms with Crippen LogP contribution in [0.3, 0.4) is 0 Å². The first-order valence-electron chi connectivity index (χ1n) is 17.4. The number of sulfonamides is 1. The molecule has 3 fully saturated rings. The Bertz CT molecular complexity index is 1830. The smallest absolute Gasteiger partial charge is 0.407 e. The van der Waals surface area contributed by atoms with Gasteiger partial charge in [-0.15, -0.1) is 6.58 Å². The van der Waals surface area contributed by atoms with Gasteiger partial charge in [-0.2, -0.15) is 4.98 Å². The zero-order valence-electron chi connectivity index (χ0n) is 29.4. The summed E-state index contributed by atoms with van der Waals surface area (Å²) in [5.74, 6) is -3.42. The number of rotatable bonds is 12. The van der Waals surface area contributed by atoms with Crippen LogP contribution in [0.15, 0.2) is 49.2 Å². The first-order valence-corrected chi connectivity index (χ1v) is 18.9. The number of ketones is 1. The third-order valence-electron chi connectivity index (χ3n) is 10.4. The van der Waals surface area contributed by atoms with Crippen LogP contribution in [0.25, 0.3) is 0 Å². The molecular weight excluding hydrogens is 676 g/mol. The van der Waals surface area contributed by atoms with E-state index in [1.165, 1.54) is 24.3 Å². The molecule has 1 aromatic heterocycles. The lowest BCUT2D eigenvalue weighted by Crippen LogP contribution is -2.55. The Hall–Kier alpha value is -4.53. The van der Waals surface area contributed by atoms with Crippen LogP contribution >= 0.6 is 0 Å². The monoisotopic (exact) mass is 722 g/mol. The van der Waals surface area contributed by atoms with Gasteiger partial charge in [0.05, 0.1) is 24.3 Å². The van der Waals surface area contributed by atoms with Crippen LogP contribution in [0.5, 0.6) is 5.88 Å². The van der Waals surface area contributed by atoms with Crippen molar-refractivity contribution in [3.05, 3.63) is 60.3 Å². The minimum Gasteiger partial charge on any atom is -0.474 e. The number of fused-ring (bicyclic) bond motifs is 1. The van der Waals surface area contributed by atoms with Crippen molar-refractivity contribution in [1.29, 1.82) is 0 Å². The molecule has 3 amide bonds. The average Bonchev–Trinajstić information content (AvgIpc) is 4.03. The van der Waals surface area contributed by atoms with E-state index < -0.39 is 74.0 Å². The predicted molar refractivity (Wildman–Crippen MR) is 187 cm³/mol. The molecule has 0 radical (unpaired) electrons. The number of benzene rings is 1. The number of carbonyl (C=O) groups excluding carboxylic acids is 4. The highest BCUT2D eigenvalue weighted by Crippen LogP contribution is 2.47. The number of alkyl carbamates (subject to hydrolysis) is 1. The SMILES string of the molecule is C=CC1CC1(NC(=O)[C@@H]1C[C@@H](Oc2ccnc(N3CCc4ccccc4C3)n2)CC1C(=O)[C@@H](NC(=O)OC)C(C)(C)C)C(=O)NS(=O)(=O)C1CC1. The number of Topliss-reactive ketones (excluding diaryl/α,β-unsaturated/α-hetero) is 1. The lowest BCUT2D eigenvalue weighted by Gasteiger charge is -2.33. The van der Waals surface area contributed by atoms with E-state index in [1.807, 2.05) is 12.1 Å². The van der Waals surface area contributed by atoms with E-state index in [-0.39, 0.29) is 30.9 Å². The first-order chi connectivity index (χ1) is 24.1. The van der Waals surface area contributed by atoms with Crippen LogP contribution in [0, 0.1) is 23.2 Å². The van der Waals surface area contributed by atoms with Crippen molar-refractivity contribution in [2.45, 2.75) is 88.8 Å².